The van der Waals surface area contributed by atoms with Gasteiger partial charge in [0.25, 0.3) is 0 Å². The number of hydrogen-bond donors (Lipinski definition) is 2. The largest absolute Gasteiger partial charge is 0.345 e. The van der Waals surface area contributed by atoms with Gasteiger partial charge in [-0.1, -0.05) is 13.8 Å². The molecule has 18 heavy (non-hydrogen) atoms. The van der Waals surface area contributed by atoms with Crippen LogP contribution in [0.2, 0.25) is 0 Å². The fourth-order valence-electron chi connectivity index (χ4n) is 1.93. The molecule has 0 unspecified atom stereocenters. The highest BCUT2D eigenvalue weighted by Gasteiger charge is 2.21. The van der Waals surface area contributed by atoms with Crippen LogP contribution in [0, 0.1) is 12.8 Å². The third-order valence-electron chi connectivity index (χ3n) is 2.87. The number of aromatic amines is 1. The van der Waals surface area contributed by atoms with Gasteiger partial charge in [-0.15, -0.1) is 0 Å². The van der Waals surface area contributed by atoms with E-state index in [1.54, 1.807) is 11.1 Å². The number of nitrogens with zero attached hydrogens (tertiary/aromatic N) is 2. The SMILES string of the molecule is CN[C@@H](CC(C)C)C(=O)N(C)Cc1ncc(C)[nH]1. The molecule has 0 aromatic carbocycles. The fourth-order valence-corrected chi connectivity index (χ4v) is 1.93. The summed E-state index contributed by atoms with van der Waals surface area (Å²) in [5.74, 6) is 1.42. The maximum atomic E-state index is 12.2. The molecule has 2 N–H and O–H groups in total. The summed E-state index contributed by atoms with van der Waals surface area (Å²) in [5.41, 5.74) is 1.01. The Balaban J connectivity index is 2.59. The predicted octanol–water partition coefficient (Wildman–Crippen LogP) is 1.31. The van der Waals surface area contributed by atoms with Crippen LogP contribution < -0.4 is 5.32 Å². The Morgan fingerprint density at radius 3 is 2.67 bits per heavy atom. The maximum Gasteiger partial charge on any atom is 0.239 e. The highest BCUT2D eigenvalue weighted by molar-refractivity contribution is 5.81. The Morgan fingerprint density at radius 1 is 1.56 bits per heavy atom. The third kappa shape index (κ3) is 4.14. The van der Waals surface area contributed by atoms with Gasteiger partial charge in [0, 0.05) is 18.9 Å². The Hall–Kier alpha value is -1.36. The summed E-state index contributed by atoms with van der Waals surface area (Å²) in [6, 6.07) is -0.119. The summed E-state index contributed by atoms with van der Waals surface area (Å²) in [5, 5.41) is 3.08. The molecular formula is C13H24N4O. The van der Waals surface area contributed by atoms with Gasteiger partial charge in [0.1, 0.15) is 5.82 Å². The van der Waals surface area contributed by atoms with Crippen molar-refractivity contribution in [1.29, 1.82) is 0 Å². The second kappa shape index (κ2) is 6.54. The molecule has 1 rings (SSSR count). The zero-order chi connectivity index (χ0) is 13.7. The van der Waals surface area contributed by atoms with Gasteiger partial charge in [0.05, 0.1) is 12.6 Å². The zero-order valence-corrected chi connectivity index (χ0v) is 11.9. The number of rotatable bonds is 6. The Bertz CT molecular complexity index is 386. The molecule has 0 aliphatic rings. The molecule has 5 nitrogen and oxygen atoms in total. The second-order valence-corrected chi connectivity index (χ2v) is 5.18. The van der Waals surface area contributed by atoms with Crippen molar-refractivity contribution in [2.24, 2.45) is 5.92 Å². The van der Waals surface area contributed by atoms with Gasteiger partial charge in [-0.05, 0) is 26.3 Å². The standard InChI is InChI=1S/C13H24N4O/c1-9(2)6-11(14-4)13(18)17(5)8-12-15-7-10(3)16-12/h7,9,11,14H,6,8H2,1-5H3,(H,15,16)/t11-/m0/s1. The van der Waals surface area contributed by atoms with Crippen molar-refractivity contribution in [2.45, 2.75) is 39.8 Å². The first-order chi connectivity index (χ1) is 8.43. The van der Waals surface area contributed by atoms with Gasteiger partial charge in [0.15, 0.2) is 0 Å². The molecule has 0 aliphatic carbocycles. The number of likely N-dealkylation sites (N-methyl/N-ethyl adjacent to an activating group) is 2. The van der Waals surface area contributed by atoms with Crippen molar-refractivity contribution in [2.75, 3.05) is 14.1 Å². The maximum absolute atomic E-state index is 12.2. The van der Waals surface area contributed by atoms with Gasteiger partial charge in [-0.3, -0.25) is 4.79 Å². The number of imidazole rings is 1. The first-order valence-electron chi connectivity index (χ1n) is 6.36. The van der Waals surface area contributed by atoms with E-state index in [1.807, 2.05) is 21.0 Å². The van der Waals surface area contributed by atoms with Crippen molar-refractivity contribution in [3.63, 3.8) is 0 Å². The van der Waals surface area contributed by atoms with E-state index in [0.29, 0.717) is 12.5 Å². The van der Waals surface area contributed by atoms with Gasteiger partial charge < -0.3 is 15.2 Å². The van der Waals surface area contributed by atoms with Crippen molar-refractivity contribution < 1.29 is 4.79 Å². The number of carbonyl (C=O) groups is 1. The first-order valence-corrected chi connectivity index (χ1v) is 6.36. The average Bonchev–Trinajstić information content (AvgIpc) is 2.70. The molecule has 5 heteroatoms. The van der Waals surface area contributed by atoms with Crippen LogP contribution in [0.15, 0.2) is 6.20 Å². The lowest BCUT2D eigenvalue weighted by molar-refractivity contribution is -0.133. The van der Waals surface area contributed by atoms with E-state index in [4.69, 9.17) is 0 Å². The van der Waals surface area contributed by atoms with Gasteiger partial charge in [-0.25, -0.2) is 4.98 Å². The number of nitrogens with one attached hydrogen (secondary N) is 2. The molecule has 1 atom stereocenters. The van der Waals surface area contributed by atoms with Crippen molar-refractivity contribution >= 4 is 5.91 Å². The van der Waals surface area contributed by atoms with E-state index in [-0.39, 0.29) is 11.9 Å². The monoisotopic (exact) mass is 252 g/mol. The molecule has 1 aromatic rings. The average molecular weight is 252 g/mol. The lowest BCUT2D eigenvalue weighted by Gasteiger charge is -2.24. The first kappa shape index (κ1) is 14.7. The second-order valence-electron chi connectivity index (χ2n) is 5.18. The highest BCUT2D eigenvalue weighted by Crippen LogP contribution is 2.08. The zero-order valence-electron chi connectivity index (χ0n) is 11.9. The van der Waals surface area contributed by atoms with E-state index < -0.39 is 0 Å². The molecule has 1 heterocycles. The Kier molecular flexibility index (Phi) is 5.34. The van der Waals surface area contributed by atoms with E-state index in [9.17, 15) is 4.79 Å². The minimum Gasteiger partial charge on any atom is -0.345 e. The van der Waals surface area contributed by atoms with Crippen LogP contribution in [0.3, 0.4) is 0 Å². The molecule has 0 spiro atoms. The minimum absolute atomic E-state index is 0.111. The van der Waals surface area contributed by atoms with E-state index in [0.717, 1.165) is 17.9 Å². The van der Waals surface area contributed by atoms with Crippen LogP contribution in [0.1, 0.15) is 31.8 Å². The number of H-pyrrole nitrogens is 1. The highest BCUT2D eigenvalue weighted by atomic mass is 16.2. The normalized spacial score (nSPS) is 12.8. The summed E-state index contributed by atoms with van der Waals surface area (Å²) in [6.45, 7) is 6.71. The van der Waals surface area contributed by atoms with Crippen LogP contribution in [0.5, 0.6) is 0 Å². The number of aromatic nitrogens is 2. The Morgan fingerprint density at radius 2 is 2.22 bits per heavy atom. The van der Waals surface area contributed by atoms with E-state index in [1.165, 1.54) is 0 Å². The number of amides is 1. The molecule has 1 aromatic heterocycles. The molecule has 1 amide bonds. The quantitative estimate of drug-likeness (QED) is 0.802. The molecule has 0 radical (unpaired) electrons. The number of hydrogen-bond acceptors (Lipinski definition) is 3. The smallest absolute Gasteiger partial charge is 0.239 e. The predicted molar refractivity (Wildman–Crippen MR) is 72.1 cm³/mol. The summed E-state index contributed by atoms with van der Waals surface area (Å²) < 4.78 is 0. The third-order valence-corrected chi connectivity index (χ3v) is 2.87. The molecule has 0 fully saturated rings. The van der Waals surface area contributed by atoms with Gasteiger partial charge in [0.2, 0.25) is 5.91 Å². The number of carbonyl (C=O) groups excluding carboxylic acids is 1. The summed E-state index contributed by atoms with van der Waals surface area (Å²) in [4.78, 5) is 21.3. The lowest BCUT2D eigenvalue weighted by Crippen LogP contribution is -2.44. The summed E-state index contributed by atoms with van der Waals surface area (Å²) in [6.07, 6.45) is 2.62. The molecule has 102 valence electrons. The Labute approximate surface area is 109 Å². The van der Waals surface area contributed by atoms with Crippen LogP contribution in [-0.4, -0.2) is 40.9 Å². The number of aryl methyl sites for hydroxylation is 1. The topological polar surface area (TPSA) is 61.0 Å². The molecule has 0 saturated carbocycles. The lowest BCUT2D eigenvalue weighted by atomic mass is 10.0. The van der Waals surface area contributed by atoms with Gasteiger partial charge in [-0.2, -0.15) is 0 Å². The van der Waals surface area contributed by atoms with Crippen LogP contribution in [-0.2, 0) is 11.3 Å². The van der Waals surface area contributed by atoms with Crippen molar-refractivity contribution in [3.05, 3.63) is 17.7 Å². The van der Waals surface area contributed by atoms with Crippen LogP contribution >= 0.6 is 0 Å². The summed E-state index contributed by atoms with van der Waals surface area (Å²) in [7, 11) is 3.64. The van der Waals surface area contributed by atoms with Crippen molar-refractivity contribution in [3.8, 4) is 0 Å². The summed E-state index contributed by atoms with van der Waals surface area (Å²) >= 11 is 0. The van der Waals surface area contributed by atoms with E-state index in [2.05, 4.69) is 29.1 Å². The molecule has 0 bridgehead atoms. The molecule has 0 saturated heterocycles. The van der Waals surface area contributed by atoms with E-state index >= 15 is 0 Å². The van der Waals surface area contributed by atoms with Crippen LogP contribution in [0.25, 0.3) is 0 Å². The molecule has 0 aliphatic heterocycles. The molecular weight excluding hydrogens is 228 g/mol. The van der Waals surface area contributed by atoms with Gasteiger partial charge >= 0.3 is 0 Å². The fraction of sp³-hybridized carbons (Fsp3) is 0.692. The van der Waals surface area contributed by atoms with Crippen molar-refractivity contribution in [1.82, 2.24) is 20.2 Å². The minimum atomic E-state index is -0.119. The van der Waals surface area contributed by atoms with Crippen LogP contribution in [0.4, 0.5) is 0 Å².